The lowest BCUT2D eigenvalue weighted by Crippen LogP contribution is -2.01. The third kappa shape index (κ3) is 20.3. The lowest BCUT2D eigenvalue weighted by molar-refractivity contribution is 0.377. The Balaban J connectivity index is 3.36. The fourth-order valence-corrected chi connectivity index (χ4v) is 4.46. The predicted octanol–water partition coefficient (Wildman–Crippen LogP) is 10.3. The molecule has 0 aromatic carbocycles. The van der Waals surface area contributed by atoms with Crippen molar-refractivity contribution in [1.82, 2.24) is 0 Å². The van der Waals surface area contributed by atoms with Crippen LogP contribution < -0.4 is 0 Å². The Morgan fingerprint density at radius 3 is 1.43 bits per heavy atom. The summed E-state index contributed by atoms with van der Waals surface area (Å²) in [5, 5.41) is 0. The molecule has 0 aromatic heterocycles. The van der Waals surface area contributed by atoms with E-state index in [1.54, 1.807) is 0 Å². The highest BCUT2D eigenvalue weighted by Gasteiger charge is 2.07. The molecule has 0 heterocycles. The lowest BCUT2D eigenvalue weighted by atomic mass is 9.91. The van der Waals surface area contributed by atoms with E-state index in [1.807, 2.05) is 0 Å². The third-order valence-electron chi connectivity index (χ3n) is 6.51. The molecule has 0 nitrogen and oxygen atoms in total. The summed E-state index contributed by atoms with van der Waals surface area (Å²) in [5.41, 5.74) is 2.86. The van der Waals surface area contributed by atoms with Gasteiger partial charge in [-0.05, 0) is 36.7 Å². The highest BCUT2D eigenvalue weighted by atomic mass is 14.1. The summed E-state index contributed by atoms with van der Waals surface area (Å²) in [6, 6.07) is 0. The zero-order valence-corrected chi connectivity index (χ0v) is 20.2. The van der Waals surface area contributed by atoms with E-state index in [0.717, 1.165) is 17.8 Å². The zero-order chi connectivity index (χ0) is 20.9. The first-order valence-electron chi connectivity index (χ1n) is 12.9. The Morgan fingerprint density at radius 2 is 0.964 bits per heavy atom. The van der Waals surface area contributed by atoms with Gasteiger partial charge in [-0.3, -0.25) is 0 Å². The van der Waals surface area contributed by atoms with Crippen molar-refractivity contribution in [3.05, 3.63) is 18.4 Å². The molecule has 0 N–H and O–H groups in total. The molecular weight excluding hydrogens is 336 g/mol. The van der Waals surface area contributed by atoms with Crippen LogP contribution in [0.5, 0.6) is 0 Å². The molecule has 3 unspecified atom stereocenters. The van der Waals surface area contributed by atoms with Crippen molar-refractivity contribution in [2.75, 3.05) is 0 Å². The summed E-state index contributed by atoms with van der Waals surface area (Å²) in [4.78, 5) is 0. The van der Waals surface area contributed by atoms with E-state index in [2.05, 4.69) is 46.1 Å². The van der Waals surface area contributed by atoms with Gasteiger partial charge in [-0.25, -0.2) is 0 Å². The standard InChI is InChI=1S/C28H54/c1-6-8-9-10-11-12-13-14-15-16-17-21-27(4)23-19-25-28(5)24-18-22-26(3)20-7-2/h8,26-28H,1,7,9-25H2,2-5H3. The quantitative estimate of drug-likeness (QED) is 0.135. The second-order valence-electron chi connectivity index (χ2n) is 9.78. The van der Waals surface area contributed by atoms with Crippen LogP contribution in [0.15, 0.2) is 18.4 Å². The van der Waals surface area contributed by atoms with Crippen LogP contribution in [-0.2, 0) is 0 Å². The molecule has 0 amide bonds. The molecule has 0 saturated carbocycles. The first-order chi connectivity index (χ1) is 13.6. The highest BCUT2D eigenvalue weighted by molar-refractivity contribution is 4.74. The second-order valence-corrected chi connectivity index (χ2v) is 9.78. The largest absolute Gasteiger partial charge is 0.133 e. The summed E-state index contributed by atoms with van der Waals surface area (Å²) in [6.07, 6.45) is 27.5. The van der Waals surface area contributed by atoms with Crippen LogP contribution in [0.2, 0.25) is 0 Å². The fourth-order valence-electron chi connectivity index (χ4n) is 4.46. The van der Waals surface area contributed by atoms with Gasteiger partial charge in [0.25, 0.3) is 0 Å². The molecule has 0 aromatic rings. The zero-order valence-electron chi connectivity index (χ0n) is 20.2. The third-order valence-corrected chi connectivity index (χ3v) is 6.51. The molecule has 0 fully saturated rings. The van der Waals surface area contributed by atoms with Crippen molar-refractivity contribution in [2.24, 2.45) is 17.8 Å². The van der Waals surface area contributed by atoms with Crippen molar-refractivity contribution < 1.29 is 0 Å². The maximum atomic E-state index is 3.61. The molecule has 3 atom stereocenters. The Kier molecular flexibility index (Phi) is 20.9. The molecule has 166 valence electrons. The van der Waals surface area contributed by atoms with Gasteiger partial charge in [0, 0.05) is 0 Å². The van der Waals surface area contributed by atoms with E-state index in [1.165, 1.54) is 116 Å². The normalized spacial score (nSPS) is 14.4. The average Bonchev–Trinajstić information content (AvgIpc) is 2.66. The van der Waals surface area contributed by atoms with Gasteiger partial charge >= 0.3 is 0 Å². The summed E-state index contributed by atoms with van der Waals surface area (Å²) in [5.74, 6) is 2.82. The monoisotopic (exact) mass is 390 g/mol. The highest BCUT2D eigenvalue weighted by Crippen LogP contribution is 2.22. The molecule has 0 aliphatic rings. The summed E-state index contributed by atoms with van der Waals surface area (Å²) < 4.78 is 0. The fraction of sp³-hybridized carbons (Fsp3) is 0.893. The van der Waals surface area contributed by atoms with E-state index in [0.29, 0.717) is 0 Å². The van der Waals surface area contributed by atoms with E-state index in [4.69, 9.17) is 0 Å². The molecule has 0 bridgehead atoms. The lowest BCUT2D eigenvalue weighted by Gasteiger charge is -2.15. The van der Waals surface area contributed by atoms with Gasteiger partial charge in [-0.15, -0.1) is 5.73 Å². The number of hydrogen-bond donors (Lipinski definition) is 0. The smallest absolute Gasteiger partial charge is 0.0275 e. The first kappa shape index (κ1) is 27.5. The minimum absolute atomic E-state index is 0.939. The molecule has 0 rings (SSSR count). The number of hydrogen-bond acceptors (Lipinski definition) is 0. The average molecular weight is 391 g/mol. The van der Waals surface area contributed by atoms with Gasteiger partial charge in [0.1, 0.15) is 0 Å². The number of rotatable bonds is 21. The molecule has 0 aliphatic carbocycles. The maximum Gasteiger partial charge on any atom is -0.0275 e. The summed E-state index contributed by atoms with van der Waals surface area (Å²) in [7, 11) is 0. The Hall–Kier alpha value is -0.480. The molecule has 0 heteroatoms. The van der Waals surface area contributed by atoms with E-state index in [9.17, 15) is 0 Å². The summed E-state index contributed by atoms with van der Waals surface area (Å²) >= 11 is 0. The first-order valence-corrected chi connectivity index (χ1v) is 12.9. The molecule has 0 saturated heterocycles. The van der Waals surface area contributed by atoms with Crippen molar-refractivity contribution >= 4 is 0 Å². The van der Waals surface area contributed by atoms with Crippen LogP contribution in [0.1, 0.15) is 143 Å². The Labute approximate surface area is 179 Å². The Bertz CT molecular complexity index is 349. The predicted molar refractivity (Wildman–Crippen MR) is 130 cm³/mol. The molecule has 0 spiro atoms. The van der Waals surface area contributed by atoms with E-state index < -0.39 is 0 Å². The van der Waals surface area contributed by atoms with Crippen molar-refractivity contribution in [3.8, 4) is 0 Å². The molecule has 28 heavy (non-hydrogen) atoms. The van der Waals surface area contributed by atoms with Gasteiger partial charge in [-0.2, -0.15) is 0 Å². The van der Waals surface area contributed by atoms with Gasteiger partial charge in [0.05, 0.1) is 0 Å². The van der Waals surface area contributed by atoms with Crippen LogP contribution in [0, 0.1) is 17.8 Å². The van der Waals surface area contributed by atoms with Crippen LogP contribution in [0.4, 0.5) is 0 Å². The van der Waals surface area contributed by atoms with Gasteiger partial charge < -0.3 is 0 Å². The minimum atomic E-state index is 0.939. The second kappa shape index (κ2) is 21.2. The topological polar surface area (TPSA) is 0 Å². The molecule has 0 aliphatic heterocycles. The molecule has 0 radical (unpaired) electrons. The minimum Gasteiger partial charge on any atom is -0.133 e. The van der Waals surface area contributed by atoms with Crippen LogP contribution in [-0.4, -0.2) is 0 Å². The number of allylic oxidation sites excluding steroid dienone is 1. The van der Waals surface area contributed by atoms with Gasteiger partial charge in [-0.1, -0.05) is 137 Å². The van der Waals surface area contributed by atoms with Crippen molar-refractivity contribution in [1.29, 1.82) is 0 Å². The van der Waals surface area contributed by atoms with Crippen molar-refractivity contribution in [2.45, 2.75) is 143 Å². The summed E-state index contributed by atoms with van der Waals surface area (Å²) in [6.45, 7) is 13.3. The van der Waals surface area contributed by atoms with Crippen LogP contribution in [0.25, 0.3) is 0 Å². The van der Waals surface area contributed by atoms with Crippen LogP contribution >= 0.6 is 0 Å². The van der Waals surface area contributed by atoms with Gasteiger partial charge in [0.2, 0.25) is 0 Å². The number of unbranched alkanes of at least 4 members (excludes halogenated alkanes) is 8. The Morgan fingerprint density at radius 1 is 0.571 bits per heavy atom. The van der Waals surface area contributed by atoms with Gasteiger partial charge in [0.15, 0.2) is 0 Å². The molecular formula is C28H54. The SMILES string of the molecule is C=C=CCCCCCCCCCCC(C)CCCC(C)CCCC(C)CCC. The van der Waals surface area contributed by atoms with Crippen LogP contribution in [0.3, 0.4) is 0 Å². The van der Waals surface area contributed by atoms with E-state index in [-0.39, 0.29) is 0 Å². The van der Waals surface area contributed by atoms with Crippen molar-refractivity contribution in [3.63, 3.8) is 0 Å². The van der Waals surface area contributed by atoms with E-state index >= 15 is 0 Å². The maximum absolute atomic E-state index is 3.61.